The zero-order chi connectivity index (χ0) is 12.2. The van der Waals surface area contributed by atoms with Crippen molar-refractivity contribution in [1.82, 2.24) is 0 Å². The molecule has 1 aliphatic rings. The van der Waals surface area contributed by atoms with Gasteiger partial charge in [0.05, 0.1) is 0 Å². The number of rotatable bonds is 3. The lowest BCUT2D eigenvalue weighted by atomic mass is 10.1. The molecule has 1 heterocycles. The molecule has 3 rings (SSSR count). The molecule has 3 heteroatoms. The molecule has 0 aromatic heterocycles. The van der Waals surface area contributed by atoms with E-state index in [2.05, 4.69) is 11.4 Å². The van der Waals surface area contributed by atoms with Crippen molar-refractivity contribution in [3.63, 3.8) is 0 Å². The van der Waals surface area contributed by atoms with Gasteiger partial charge in [-0.1, -0.05) is 30.3 Å². The van der Waals surface area contributed by atoms with Crippen LogP contribution >= 0.6 is 0 Å². The maximum Gasteiger partial charge on any atom is 0.166 e. The summed E-state index contributed by atoms with van der Waals surface area (Å²) >= 11 is 0. The fraction of sp³-hybridized carbons (Fsp3) is 0.200. The number of anilines is 1. The van der Waals surface area contributed by atoms with Gasteiger partial charge in [-0.25, -0.2) is 0 Å². The average molecular weight is 241 g/mol. The zero-order valence-corrected chi connectivity index (χ0v) is 10.1. The summed E-state index contributed by atoms with van der Waals surface area (Å²) < 4.78 is 11.2. The topological polar surface area (TPSA) is 30.5 Å². The molecule has 0 bridgehead atoms. The minimum atomic E-state index is 0.620. The average Bonchev–Trinajstić information content (AvgIpc) is 2.46. The summed E-state index contributed by atoms with van der Waals surface area (Å²) in [5, 5.41) is 3.38. The molecule has 2 aromatic carbocycles. The Morgan fingerprint density at radius 2 is 1.72 bits per heavy atom. The van der Waals surface area contributed by atoms with Crippen molar-refractivity contribution in [3.05, 3.63) is 54.1 Å². The molecule has 0 saturated carbocycles. The fourth-order valence-corrected chi connectivity index (χ4v) is 2.03. The van der Waals surface area contributed by atoms with Crippen LogP contribution in [0.15, 0.2) is 48.5 Å². The first-order valence-corrected chi connectivity index (χ1v) is 6.10. The second kappa shape index (κ2) is 5.00. The van der Waals surface area contributed by atoms with Crippen molar-refractivity contribution in [1.29, 1.82) is 0 Å². The molecule has 3 nitrogen and oxygen atoms in total. The van der Waals surface area contributed by atoms with E-state index in [0.717, 1.165) is 29.3 Å². The van der Waals surface area contributed by atoms with Crippen molar-refractivity contribution in [3.8, 4) is 11.5 Å². The fourth-order valence-electron chi connectivity index (χ4n) is 2.03. The Hall–Kier alpha value is -2.16. The number of benzene rings is 2. The molecule has 0 unspecified atom stereocenters. The highest BCUT2D eigenvalue weighted by Crippen LogP contribution is 2.33. The standard InChI is InChI=1S/C15H15NO2/c1-2-6-13(7-3-1)16-11-12-5-4-8-14-15(12)18-10-9-17-14/h1-8,16H,9-11H2. The minimum absolute atomic E-state index is 0.620. The SMILES string of the molecule is c1ccc(NCc2cccc3c2OCCO3)cc1. The van der Waals surface area contributed by atoms with Crippen LogP contribution in [0.1, 0.15) is 5.56 Å². The predicted molar refractivity (Wildman–Crippen MR) is 71.2 cm³/mol. The summed E-state index contributed by atoms with van der Waals surface area (Å²) in [4.78, 5) is 0. The number of nitrogens with one attached hydrogen (secondary N) is 1. The summed E-state index contributed by atoms with van der Waals surface area (Å²) in [7, 11) is 0. The van der Waals surface area contributed by atoms with Crippen LogP contribution in [-0.2, 0) is 6.54 Å². The molecular weight excluding hydrogens is 226 g/mol. The van der Waals surface area contributed by atoms with Crippen LogP contribution in [0, 0.1) is 0 Å². The Labute approximate surface area is 106 Å². The highest BCUT2D eigenvalue weighted by Gasteiger charge is 2.14. The van der Waals surface area contributed by atoms with E-state index in [9.17, 15) is 0 Å². The second-order valence-electron chi connectivity index (χ2n) is 4.16. The largest absolute Gasteiger partial charge is 0.486 e. The van der Waals surface area contributed by atoms with Gasteiger partial charge in [-0.3, -0.25) is 0 Å². The van der Waals surface area contributed by atoms with E-state index in [4.69, 9.17) is 9.47 Å². The third kappa shape index (κ3) is 2.25. The third-order valence-corrected chi connectivity index (χ3v) is 2.90. The molecule has 2 aromatic rings. The zero-order valence-electron chi connectivity index (χ0n) is 10.1. The van der Waals surface area contributed by atoms with Gasteiger partial charge in [-0.05, 0) is 18.2 Å². The summed E-state index contributed by atoms with van der Waals surface area (Å²) in [6, 6.07) is 16.1. The van der Waals surface area contributed by atoms with Crippen molar-refractivity contribution in [2.45, 2.75) is 6.54 Å². The van der Waals surface area contributed by atoms with Crippen LogP contribution in [0.3, 0.4) is 0 Å². The Morgan fingerprint density at radius 1 is 0.889 bits per heavy atom. The first kappa shape index (κ1) is 11.0. The quantitative estimate of drug-likeness (QED) is 0.895. The van der Waals surface area contributed by atoms with Gasteiger partial charge in [0.15, 0.2) is 11.5 Å². The van der Waals surface area contributed by atoms with E-state index in [1.54, 1.807) is 0 Å². The third-order valence-electron chi connectivity index (χ3n) is 2.90. The smallest absolute Gasteiger partial charge is 0.166 e. The number of ether oxygens (including phenoxy) is 2. The van der Waals surface area contributed by atoms with Gasteiger partial charge in [0.1, 0.15) is 13.2 Å². The molecule has 0 aliphatic carbocycles. The van der Waals surface area contributed by atoms with Crippen LogP contribution in [0.5, 0.6) is 11.5 Å². The molecule has 0 spiro atoms. The van der Waals surface area contributed by atoms with Gasteiger partial charge in [-0.15, -0.1) is 0 Å². The van der Waals surface area contributed by atoms with E-state index in [1.807, 2.05) is 42.5 Å². The minimum Gasteiger partial charge on any atom is -0.486 e. The Kier molecular flexibility index (Phi) is 3.05. The van der Waals surface area contributed by atoms with E-state index in [1.165, 1.54) is 0 Å². The first-order valence-electron chi connectivity index (χ1n) is 6.10. The molecular formula is C15H15NO2. The molecule has 0 atom stereocenters. The van der Waals surface area contributed by atoms with Crippen molar-refractivity contribution < 1.29 is 9.47 Å². The van der Waals surface area contributed by atoms with Crippen molar-refractivity contribution in [2.24, 2.45) is 0 Å². The molecule has 18 heavy (non-hydrogen) atoms. The molecule has 0 saturated heterocycles. The maximum atomic E-state index is 5.68. The lowest BCUT2D eigenvalue weighted by Crippen LogP contribution is -2.17. The number of fused-ring (bicyclic) bond motifs is 1. The Bertz CT molecular complexity index is 525. The summed E-state index contributed by atoms with van der Waals surface area (Å²) in [6.07, 6.45) is 0. The summed E-state index contributed by atoms with van der Waals surface area (Å²) in [5.41, 5.74) is 2.22. The number of hydrogen-bond acceptors (Lipinski definition) is 3. The number of para-hydroxylation sites is 2. The van der Waals surface area contributed by atoms with Gasteiger partial charge < -0.3 is 14.8 Å². The van der Waals surface area contributed by atoms with E-state index < -0.39 is 0 Å². The molecule has 1 N–H and O–H groups in total. The number of hydrogen-bond donors (Lipinski definition) is 1. The summed E-state index contributed by atoms with van der Waals surface area (Å²) in [5.74, 6) is 1.71. The van der Waals surface area contributed by atoms with E-state index in [-0.39, 0.29) is 0 Å². The Morgan fingerprint density at radius 3 is 2.61 bits per heavy atom. The van der Waals surface area contributed by atoms with Gasteiger partial charge in [0, 0.05) is 17.8 Å². The molecule has 1 aliphatic heterocycles. The van der Waals surface area contributed by atoms with E-state index in [0.29, 0.717) is 13.2 Å². The first-order chi connectivity index (χ1) is 8.93. The molecule has 92 valence electrons. The van der Waals surface area contributed by atoms with Gasteiger partial charge >= 0.3 is 0 Å². The van der Waals surface area contributed by atoms with Crippen LogP contribution in [0.25, 0.3) is 0 Å². The van der Waals surface area contributed by atoms with Crippen LogP contribution in [-0.4, -0.2) is 13.2 Å². The molecule has 0 radical (unpaired) electrons. The highest BCUT2D eigenvalue weighted by atomic mass is 16.6. The van der Waals surface area contributed by atoms with Crippen LogP contribution in [0.4, 0.5) is 5.69 Å². The van der Waals surface area contributed by atoms with Crippen molar-refractivity contribution >= 4 is 5.69 Å². The van der Waals surface area contributed by atoms with Gasteiger partial charge in [0.2, 0.25) is 0 Å². The summed E-state index contributed by atoms with van der Waals surface area (Å²) in [6.45, 7) is 1.98. The van der Waals surface area contributed by atoms with Crippen LogP contribution in [0.2, 0.25) is 0 Å². The molecule has 0 fully saturated rings. The maximum absolute atomic E-state index is 5.68. The second-order valence-corrected chi connectivity index (χ2v) is 4.16. The monoisotopic (exact) mass is 241 g/mol. The lowest BCUT2D eigenvalue weighted by Gasteiger charge is -2.21. The van der Waals surface area contributed by atoms with Gasteiger partial charge in [-0.2, -0.15) is 0 Å². The van der Waals surface area contributed by atoms with E-state index >= 15 is 0 Å². The molecule has 0 amide bonds. The lowest BCUT2D eigenvalue weighted by molar-refractivity contribution is 0.170. The van der Waals surface area contributed by atoms with Gasteiger partial charge in [0.25, 0.3) is 0 Å². The van der Waals surface area contributed by atoms with Crippen molar-refractivity contribution in [2.75, 3.05) is 18.5 Å². The Balaban J connectivity index is 1.77. The predicted octanol–water partition coefficient (Wildman–Crippen LogP) is 3.07. The normalized spacial score (nSPS) is 13.1. The highest BCUT2D eigenvalue weighted by molar-refractivity contribution is 5.50. The van der Waals surface area contributed by atoms with Crippen LogP contribution < -0.4 is 14.8 Å².